The monoisotopic (exact) mass is 338 g/mol. The number of anilines is 2. The molecule has 1 N–H and O–H groups in total. The van der Waals surface area contributed by atoms with Crippen LogP contribution in [0.15, 0.2) is 48.5 Å². The minimum atomic E-state index is 0.0558. The van der Waals surface area contributed by atoms with Crippen molar-refractivity contribution < 1.29 is 9.53 Å². The second kappa shape index (κ2) is 8.56. The van der Waals surface area contributed by atoms with Crippen LogP contribution in [0.3, 0.4) is 0 Å². The Morgan fingerprint density at radius 1 is 1.04 bits per heavy atom. The van der Waals surface area contributed by atoms with Gasteiger partial charge in [0.25, 0.3) is 0 Å². The smallest absolute Gasteiger partial charge is 0.224 e. The van der Waals surface area contributed by atoms with Gasteiger partial charge in [0.15, 0.2) is 0 Å². The van der Waals surface area contributed by atoms with Gasteiger partial charge in [-0.15, -0.1) is 0 Å². The molecule has 1 aliphatic rings. The Labute approximate surface area is 149 Å². The average Bonchev–Trinajstić information content (AvgIpc) is 2.68. The average molecular weight is 338 g/mol. The third kappa shape index (κ3) is 4.75. The van der Waals surface area contributed by atoms with E-state index in [0.717, 1.165) is 42.2 Å². The molecule has 0 atom stereocenters. The zero-order chi connectivity index (χ0) is 17.5. The molecule has 0 aromatic heterocycles. The van der Waals surface area contributed by atoms with E-state index < -0.39 is 0 Å². The number of benzene rings is 2. The topological polar surface area (TPSA) is 41.6 Å². The van der Waals surface area contributed by atoms with Crippen LogP contribution in [0, 0.1) is 0 Å². The zero-order valence-electron chi connectivity index (χ0n) is 14.8. The number of carbonyl (C=O) groups is 1. The number of amides is 1. The summed E-state index contributed by atoms with van der Waals surface area (Å²) in [5, 5.41) is 3.10. The normalized spacial score (nSPS) is 14.2. The quantitative estimate of drug-likeness (QED) is 0.856. The molecule has 0 radical (unpaired) electrons. The predicted octanol–water partition coefficient (Wildman–Crippen LogP) is 4.26. The van der Waals surface area contributed by atoms with E-state index >= 15 is 0 Å². The molecule has 132 valence electrons. The molecule has 0 spiro atoms. The van der Waals surface area contributed by atoms with Gasteiger partial charge >= 0.3 is 0 Å². The molecule has 0 saturated carbocycles. The zero-order valence-corrected chi connectivity index (χ0v) is 14.8. The van der Waals surface area contributed by atoms with Gasteiger partial charge in [-0.2, -0.15) is 0 Å². The lowest BCUT2D eigenvalue weighted by atomic mass is 10.1. The summed E-state index contributed by atoms with van der Waals surface area (Å²) in [6, 6.07) is 16.0. The second-order valence-electron chi connectivity index (χ2n) is 6.46. The molecule has 2 aromatic rings. The molecule has 1 amide bonds. The molecular weight excluding hydrogens is 312 g/mol. The lowest BCUT2D eigenvalue weighted by molar-refractivity contribution is -0.116. The van der Waals surface area contributed by atoms with Gasteiger partial charge in [0.05, 0.1) is 18.5 Å². The van der Waals surface area contributed by atoms with E-state index in [2.05, 4.69) is 16.3 Å². The maximum absolute atomic E-state index is 12.4. The van der Waals surface area contributed by atoms with Crippen LogP contribution in [-0.4, -0.2) is 26.1 Å². The van der Waals surface area contributed by atoms with Crippen molar-refractivity contribution in [3.8, 4) is 5.75 Å². The molecule has 3 rings (SSSR count). The molecule has 1 fully saturated rings. The first-order valence-corrected chi connectivity index (χ1v) is 9.03. The van der Waals surface area contributed by atoms with Crippen molar-refractivity contribution in [2.75, 3.05) is 30.4 Å². The summed E-state index contributed by atoms with van der Waals surface area (Å²) in [7, 11) is 1.65. The fraction of sp³-hybridized carbons (Fsp3) is 0.381. The fourth-order valence-corrected chi connectivity index (χ4v) is 3.25. The third-order valence-corrected chi connectivity index (χ3v) is 4.67. The van der Waals surface area contributed by atoms with Crippen LogP contribution in [0.1, 0.15) is 31.2 Å². The number of carbonyl (C=O) groups excluding carboxylic acids is 1. The largest absolute Gasteiger partial charge is 0.497 e. The van der Waals surface area contributed by atoms with E-state index in [1.807, 2.05) is 42.5 Å². The first kappa shape index (κ1) is 17.3. The Bertz CT molecular complexity index is 691. The van der Waals surface area contributed by atoms with E-state index in [-0.39, 0.29) is 5.91 Å². The molecule has 1 heterocycles. The highest BCUT2D eigenvalue weighted by molar-refractivity contribution is 5.94. The minimum Gasteiger partial charge on any atom is -0.497 e. The highest BCUT2D eigenvalue weighted by Gasteiger charge is 2.15. The summed E-state index contributed by atoms with van der Waals surface area (Å²) in [6.45, 7) is 2.14. The van der Waals surface area contributed by atoms with E-state index in [4.69, 9.17) is 4.74 Å². The molecule has 1 aliphatic heterocycles. The number of nitrogens with zero attached hydrogens (tertiary/aromatic N) is 1. The molecule has 4 heteroatoms. The van der Waals surface area contributed by atoms with Crippen molar-refractivity contribution in [1.82, 2.24) is 0 Å². The number of piperidine rings is 1. The Kier molecular flexibility index (Phi) is 5.94. The van der Waals surface area contributed by atoms with Gasteiger partial charge in [-0.05, 0) is 55.5 Å². The van der Waals surface area contributed by atoms with Crippen molar-refractivity contribution in [3.63, 3.8) is 0 Å². The van der Waals surface area contributed by atoms with E-state index in [0.29, 0.717) is 6.42 Å². The molecule has 25 heavy (non-hydrogen) atoms. The summed E-state index contributed by atoms with van der Waals surface area (Å²) >= 11 is 0. The molecule has 1 saturated heterocycles. The fourth-order valence-electron chi connectivity index (χ4n) is 3.25. The maximum Gasteiger partial charge on any atom is 0.224 e. The number of hydrogen-bond donors (Lipinski definition) is 1. The van der Waals surface area contributed by atoms with Gasteiger partial charge in [-0.1, -0.05) is 24.3 Å². The van der Waals surface area contributed by atoms with E-state index in [1.54, 1.807) is 7.11 Å². The van der Waals surface area contributed by atoms with Crippen molar-refractivity contribution in [1.29, 1.82) is 0 Å². The predicted molar refractivity (Wildman–Crippen MR) is 102 cm³/mol. The number of ether oxygens (including phenoxy) is 1. The van der Waals surface area contributed by atoms with Gasteiger partial charge < -0.3 is 15.0 Å². The van der Waals surface area contributed by atoms with Gasteiger partial charge in [-0.25, -0.2) is 0 Å². The lowest BCUT2D eigenvalue weighted by Crippen LogP contribution is -2.30. The van der Waals surface area contributed by atoms with E-state index in [9.17, 15) is 4.79 Å². The van der Waals surface area contributed by atoms with Crippen LogP contribution in [0.5, 0.6) is 5.75 Å². The molecule has 0 bridgehead atoms. The molecule has 0 aliphatic carbocycles. The van der Waals surface area contributed by atoms with Gasteiger partial charge in [0, 0.05) is 19.5 Å². The van der Waals surface area contributed by atoms with Crippen LogP contribution in [-0.2, 0) is 11.2 Å². The summed E-state index contributed by atoms with van der Waals surface area (Å²) in [4.78, 5) is 14.8. The van der Waals surface area contributed by atoms with Crippen LogP contribution >= 0.6 is 0 Å². The number of methoxy groups -OCH3 is 1. The summed E-state index contributed by atoms with van der Waals surface area (Å²) < 4.78 is 5.16. The summed E-state index contributed by atoms with van der Waals surface area (Å²) in [5.74, 6) is 0.893. The first-order valence-electron chi connectivity index (χ1n) is 9.03. The first-order chi connectivity index (χ1) is 12.3. The number of nitrogens with one attached hydrogen (secondary N) is 1. The Hall–Kier alpha value is -2.49. The number of hydrogen-bond acceptors (Lipinski definition) is 3. The van der Waals surface area contributed by atoms with Gasteiger partial charge in [0.2, 0.25) is 5.91 Å². The standard InChI is InChI=1S/C21H26N2O2/c1-25-18-12-9-17(10-13-18)11-14-21(24)22-19-7-3-4-8-20(19)23-15-5-2-6-16-23/h3-4,7-10,12-13H,2,5-6,11,14-16H2,1H3,(H,22,24). The highest BCUT2D eigenvalue weighted by Crippen LogP contribution is 2.28. The van der Waals surface area contributed by atoms with Crippen LogP contribution in [0.25, 0.3) is 0 Å². The third-order valence-electron chi connectivity index (χ3n) is 4.67. The van der Waals surface area contributed by atoms with Gasteiger partial charge in [-0.3, -0.25) is 4.79 Å². The van der Waals surface area contributed by atoms with Crippen LogP contribution in [0.2, 0.25) is 0 Å². The summed E-state index contributed by atoms with van der Waals surface area (Å²) in [6.07, 6.45) is 4.94. The van der Waals surface area contributed by atoms with Crippen molar-refractivity contribution in [2.45, 2.75) is 32.1 Å². The molecular formula is C21H26N2O2. The SMILES string of the molecule is COc1ccc(CCC(=O)Nc2ccccc2N2CCCCC2)cc1. The van der Waals surface area contributed by atoms with Crippen LogP contribution in [0.4, 0.5) is 11.4 Å². The number of aryl methyl sites for hydroxylation is 1. The van der Waals surface area contributed by atoms with Crippen molar-refractivity contribution >= 4 is 17.3 Å². The number of rotatable bonds is 6. The Morgan fingerprint density at radius 2 is 1.76 bits per heavy atom. The summed E-state index contributed by atoms with van der Waals surface area (Å²) in [5.41, 5.74) is 3.20. The Morgan fingerprint density at radius 3 is 2.48 bits per heavy atom. The van der Waals surface area contributed by atoms with Crippen molar-refractivity contribution in [2.24, 2.45) is 0 Å². The van der Waals surface area contributed by atoms with E-state index in [1.165, 1.54) is 19.3 Å². The number of para-hydroxylation sites is 2. The maximum atomic E-state index is 12.4. The Balaban J connectivity index is 1.58. The van der Waals surface area contributed by atoms with Crippen LogP contribution < -0.4 is 15.0 Å². The highest BCUT2D eigenvalue weighted by atomic mass is 16.5. The lowest BCUT2D eigenvalue weighted by Gasteiger charge is -2.30. The van der Waals surface area contributed by atoms with Gasteiger partial charge in [0.1, 0.15) is 5.75 Å². The second-order valence-corrected chi connectivity index (χ2v) is 6.46. The van der Waals surface area contributed by atoms with Crippen molar-refractivity contribution in [3.05, 3.63) is 54.1 Å². The molecule has 4 nitrogen and oxygen atoms in total. The molecule has 0 unspecified atom stereocenters. The molecule has 2 aromatic carbocycles. The minimum absolute atomic E-state index is 0.0558.